The monoisotopic (exact) mass is 360 g/mol. The van der Waals surface area contributed by atoms with Gasteiger partial charge in [0.25, 0.3) is 0 Å². The van der Waals surface area contributed by atoms with E-state index in [9.17, 15) is 9.59 Å². The van der Waals surface area contributed by atoms with Crippen LogP contribution in [0.3, 0.4) is 0 Å². The van der Waals surface area contributed by atoms with E-state index in [-0.39, 0.29) is 29.6 Å². The Hall–Kier alpha value is -1.72. The molecule has 2 aromatic rings. The van der Waals surface area contributed by atoms with Crippen molar-refractivity contribution in [2.75, 3.05) is 4.90 Å². The Morgan fingerprint density at radius 2 is 2.12 bits per heavy atom. The number of hydrogen-bond acceptors (Lipinski definition) is 4. The molecule has 1 saturated heterocycles. The lowest BCUT2D eigenvalue weighted by atomic mass is 9.76. The van der Waals surface area contributed by atoms with Crippen LogP contribution in [0.1, 0.15) is 25.3 Å². The number of aryl methyl sites for hydroxylation is 1. The molecule has 0 spiro atoms. The van der Waals surface area contributed by atoms with Gasteiger partial charge in [-0.25, -0.2) is 9.88 Å². The number of allylic oxidation sites excluding steroid dienone is 2. The molecule has 0 radical (unpaired) electrons. The minimum absolute atomic E-state index is 0.108. The van der Waals surface area contributed by atoms with Crippen LogP contribution < -0.4 is 4.90 Å². The molecule has 1 aliphatic heterocycles. The Bertz CT molecular complexity index is 850. The molecule has 6 heteroatoms. The first kappa shape index (κ1) is 15.8. The molecule has 3 atom stereocenters. The second-order valence-corrected chi connectivity index (χ2v) is 7.86. The molecule has 3 unspecified atom stereocenters. The summed E-state index contributed by atoms with van der Waals surface area (Å²) in [5, 5.41) is 1.10. The second-order valence-electron chi connectivity index (χ2n) is 6.45. The molecular weight excluding hydrogens is 344 g/mol. The summed E-state index contributed by atoms with van der Waals surface area (Å²) in [6.07, 6.45) is 5.61. The Morgan fingerprint density at radius 1 is 1.33 bits per heavy atom. The molecule has 0 N–H and O–H groups in total. The third kappa shape index (κ3) is 2.22. The van der Waals surface area contributed by atoms with Crippen molar-refractivity contribution in [1.29, 1.82) is 0 Å². The average molecular weight is 361 g/mol. The van der Waals surface area contributed by atoms with E-state index in [1.165, 1.54) is 16.2 Å². The number of rotatable bonds is 2. The lowest BCUT2D eigenvalue weighted by Gasteiger charge is -2.24. The van der Waals surface area contributed by atoms with Crippen molar-refractivity contribution in [1.82, 2.24) is 4.98 Å². The van der Waals surface area contributed by atoms with Gasteiger partial charge in [-0.1, -0.05) is 42.0 Å². The van der Waals surface area contributed by atoms with Crippen molar-refractivity contribution >= 4 is 50.1 Å². The normalized spacial score (nSPS) is 26.5. The molecule has 4 nitrogen and oxygen atoms in total. The summed E-state index contributed by atoms with van der Waals surface area (Å²) in [5.41, 5.74) is 1.69. The molecule has 0 bridgehead atoms. The lowest BCUT2D eigenvalue weighted by Crippen LogP contribution is -2.31. The SMILES string of the molecule is CCC1C=CCC2C(=O)N(c3nc4cc(Cl)c(C)cc4s3)C(=O)C12. The lowest BCUT2D eigenvalue weighted by molar-refractivity contribution is -0.122. The number of nitrogens with zero attached hydrogens (tertiary/aromatic N) is 2. The van der Waals surface area contributed by atoms with E-state index < -0.39 is 0 Å². The summed E-state index contributed by atoms with van der Waals surface area (Å²) in [4.78, 5) is 31.6. The smallest absolute Gasteiger partial charge is 0.240 e. The largest absolute Gasteiger partial charge is 0.274 e. The Kier molecular flexibility index (Phi) is 3.73. The first-order chi connectivity index (χ1) is 11.5. The number of carbonyl (C=O) groups is 2. The molecule has 2 amide bonds. The molecule has 24 heavy (non-hydrogen) atoms. The minimum Gasteiger partial charge on any atom is -0.274 e. The Balaban J connectivity index is 1.77. The van der Waals surface area contributed by atoms with Gasteiger partial charge in [0.15, 0.2) is 5.13 Å². The fourth-order valence-electron chi connectivity index (χ4n) is 3.71. The van der Waals surface area contributed by atoms with E-state index in [0.29, 0.717) is 16.6 Å². The number of imide groups is 1. The zero-order valence-corrected chi connectivity index (χ0v) is 15.0. The van der Waals surface area contributed by atoms with Crippen LogP contribution >= 0.6 is 22.9 Å². The molecule has 2 heterocycles. The number of aromatic nitrogens is 1. The fraction of sp³-hybridized carbons (Fsp3) is 0.389. The highest BCUT2D eigenvalue weighted by atomic mass is 35.5. The maximum atomic E-state index is 12.9. The molecule has 124 valence electrons. The Morgan fingerprint density at radius 3 is 2.88 bits per heavy atom. The number of thiazole rings is 1. The molecule has 2 aliphatic rings. The summed E-state index contributed by atoms with van der Waals surface area (Å²) in [7, 11) is 0. The molecule has 1 fully saturated rings. The number of anilines is 1. The number of halogens is 1. The van der Waals surface area contributed by atoms with Crippen molar-refractivity contribution in [3.05, 3.63) is 34.9 Å². The standard InChI is InChI=1S/C18H17ClN2O2S/c1-3-10-5-4-6-11-15(10)17(23)21(16(11)22)18-20-13-8-12(19)9(2)7-14(13)24-18/h4-5,7-8,10-11,15H,3,6H2,1-2H3. The van der Waals surface area contributed by atoms with Crippen molar-refractivity contribution in [2.45, 2.75) is 26.7 Å². The van der Waals surface area contributed by atoms with Crippen LogP contribution in [-0.2, 0) is 9.59 Å². The van der Waals surface area contributed by atoms with Gasteiger partial charge in [-0.15, -0.1) is 0 Å². The molecule has 1 aromatic carbocycles. The van der Waals surface area contributed by atoms with Crippen LogP contribution in [0.25, 0.3) is 10.2 Å². The fourth-order valence-corrected chi connectivity index (χ4v) is 4.92. The summed E-state index contributed by atoms with van der Waals surface area (Å²) < 4.78 is 0.938. The number of benzene rings is 1. The third-order valence-electron chi connectivity index (χ3n) is 5.03. The van der Waals surface area contributed by atoms with Crippen molar-refractivity contribution in [3.8, 4) is 0 Å². The zero-order chi connectivity index (χ0) is 17.0. The van der Waals surface area contributed by atoms with E-state index in [1.54, 1.807) is 6.07 Å². The van der Waals surface area contributed by atoms with Gasteiger partial charge in [-0.05, 0) is 43.4 Å². The number of fused-ring (bicyclic) bond motifs is 2. The first-order valence-corrected chi connectivity index (χ1v) is 9.32. The number of carbonyl (C=O) groups excluding carboxylic acids is 2. The predicted molar refractivity (Wildman–Crippen MR) is 96.4 cm³/mol. The van der Waals surface area contributed by atoms with Crippen molar-refractivity contribution in [3.63, 3.8) is 0 Å². The second kappa shape index (κ2) is 5.67. The topological polar surface area (TPSA) is 50.3 Å². The van der Waals surface area contributed by atoms with Gasteiger partial charge in [0.1, 0.15) is 0 Å². The quantitative estimate of drug-likeness (QED) is 0.591. The van der Waals surface area contributed by atoms with E-state index in [0.717, 1.165) is 22.2 Å². The minimum atomic E-state index is -0.246. The van der Waals surface area contributed by atoms with E-state index in [4.69, 9.17) is 11.6 Å². The van der Waals surface area contributed by atoms with Crippen LogP contribution in [-0.4, -0.2) is 16.8 Å². The molecule has 1 aliphatic carbocycles. The molecule has 0 saturated carbocycles. The third-order valence-corrected chi connectivity index (χ3v) is 6.44. The van der Waals surface area contributed by atoms with E-state index in [1.807, 2.05) is 19.1 Å². The van der Waals surface area contributed by atoms with Crippen LogP contribution in [0.4, 0.5) is 5.13 Å². The maximum absolute atomic E-state index is 12.9. The highest BCUT2D eigenvalue weighted by Gasteiger charge is 2.51. The van der Waals surface area contributed by atoms with E-state index in [2.05, 4.69) is 18.0 Å². The maximum Gasteiger partial charge on any atom is 0.240 e. The summed E-state index contributed by atoms with van der Waals surface area (Å²) in [6.45, 7) is 3.99. The van der Waals surface area contributed by atoms with Gasteiger partial charge in [-0.3, -0.25) is 9.59 Å². The summed E-state index contributed by atoms with van der Waals surface area (Å²) >= 11 is 7.53. The van der Waals surface area contributed by atoms with Crippen LogP contribution in [0.2, 0.25) is 5.02 Å². The molecule has 4 rings (SSSR count). The first-order valence-electron chi connectivity index (χ1n) is 8.12. The Labute approximate surface area is 149 Å². The number of amides is 2. The van der Waals surface area contributed by atoms with Gasteiger partial charge in [0, 0.05) is 5.02 Å². The van der Waals surface area contributed by atoms with Gasteiger partial charge >= 0.3 is 0 Å². The highest BCUT2D eigenvalue weighted by molar-refractivity contribution is 7.22. The van der Waals surface area contributed by atoms with Crippen molar-refractivity contribution < 1.29 is 9.59 Å². The van der Waals surface area contributed by atoms with Gasteiger partial charge in [0.05, 0.1) is 22.1 Å². The summed E-state index contributed by atoms with van der Waals surface area (Å²) in [5.74, 6) is -0.580. The van der Waals surface area contributed by atoms with Crippen molar-refractivity contribution in [2.24, 2.45) is 17.8 Å². The van der Waals surface area contributed by atoms with Gasteiger partial charge < -0.3 is 0 Å². The van der Waals surface area contributed by atoms with Crippen LogP contribution in [0.15, 0.2) is 24.3 Å². The van der Waals surface area contributed by atoms with Crippen LogP contribution in [0.5, 0.6) is 0 Å². The zero-order valence-electron chi connectivity index (χ0n) is 13.5. The predicted octanol–water partition coefficient (Wildman–Crippen LogP) is 4.35. The summed E-state index contributed by atoms with van der Waals surface area (Å²) in [6, 6.07) is 3.74. The molecule has 1 aromatic heterocycles. The van der Waals surface area contributed by atoms with Gasteiger partial charge in [0.2, 0.25) is 11.8 Å². The average Bonchev–Trinajstić information content (AvgIpc) is 3.07. The number of hydrogen-bond donors (Lipinski definition) is 0. The molecular formula is C18H17ClN2O2S. The van der Waals surface area contributed by atoms with E-state index >= 15 is 0 Å². The van der Waals surface area contributed by atoms with Crippen LogP contribution in [0, 0.1) is 24.7 Å². The highest BCUT2D eigenvalue weighted by Crippen LogP contribution is 2.43. The van der Waals surface area contributed by atoms with Gasteiger partial charge in [-0.2, -0.15) is 0 Å².